The molecule has 1 saturated heterocycles. The van der Waals surface area contributed by atoms with E-state index in [1.807, 2.05) is 0 Å². The minimum absolute atomic E-state index is 0.0206. The first-order chi connectivity index (χ1) is 7.41. The van der Waals surface area contributed by atoms with Gasteiger partial charge in [-0.1, -0.05) is 0 Å². The van der Waals surface area contributed by atoms with Crippen LogP contribution in [0.5, 0.6) is 0 Å². The molecular weight excluding hydrogens is 208 g/mol. The molecule has 1 amide bonds. The average molecular weight is 228 g/mol. The Morgan fingerprint density at radius 2 is 1.94 bits per heavy atom. The molecule has 1 aliphatic rings. The van der Waals surface area contributed by atoms with Crippen molar-refractivity contribution < 1.29 is 14.7 Å². The summed E-state index contributed by atoms with van der Waals surface area (Å²) in [5.74, 6) is -0.891. The standard InChI is InChI=1S/C11H20N2O3/c1-11(2,7-9(14)15)13-10(16)8-3-5-12-6-4-8/h8,12H,3-7H2,1-2H3,(H,13,16)(H,14,15). The minimum Gasteiger partial charge on any atom is -0.481 e. The highest BCUT2D eigenvalue weighted by molar-refractivity contribution is 5.80. The molecule has 0 aromatic heterocycles. The van der Waals surface area contributed by atoms with E-state index in [0.29, 0.717) is 0 Å². The Morgan fingerprint density at radius 1 is 1.38 bits per heavy atom. The number of amides is 1. The van der Waals surface area contributed by atoms with Crippen molar-refractivity contribution in [1.82, 2.24) is 10.6 Å². The van der Waals surface area contributed by atoms with Crippen LogP contribution in [-0.2, 0) is 9.59 Å². The zero-order chi connectivity index (χ0) is 12.2. The zero-order valence-corrected chi connectivity index (χ0v) is 9.88. The SMILES string of the molecule is CC(C)(CC(=O)O)NC(=O)C1CCNCC1. The Bertz CT molecular complexity index is 270. The lowest BCUT2D eigenvalue weighted by molar-refractivity contribution is -0.139. The highest BCUT2D eigenvalue weighted by Gasteiger charge is 2.28. The van der Waals surface area contributed by atoms with E-state index in [0.717, 1.165) is 25.9 Å². The lowest BCUT2D eigenvalue weighted by Crippen LogP contribution is -2.49. The Labute approximate surface area is 95.6 Å². The fraction of sp³-hybridized carbons (Fsp3) is 0.818. The van der Waals surface area contributed by atoms with Gasteiger partial charge in [-0.15, -0.1) is 0 Å². The van der Waals surface area contributed by atoms with E-state index in [2.05, 4.69) is 10.6 Å². The van der Waals surface area contributed by atoms with Gasteiger partial charge in [0.2, 0.25) is 5.91 Å². The van der Waals surface area contributed by atoms with Gasteiger partial charge in [0.1, 0.15) is 0 Å². The number of aliphatic carboxylic acids is 1. The van der Waals surface area contributed by atoms with Gasteiger partial charge in [0.15, 0.2) is 0 Å². The quantitative estimate of drug-likeness (QED) is 0.649. The Morgan fingerprint density at radius 3 is 2.44 bits per heavy atom. The molecule has 92 valence electrons. The topological polar surface area (TPSA) is 78.4 Å². The minimum atomic E-state index is -0.893. The molecule has 3 N–H and O–H groups in total. The molecule has 0 radical (unpaired) electrons. The third-order valence-corrected chi connectivity index (χ3v) is 2.76. The Kier molecular flexibility index (Phi) is 4.29. The highest BCUT2D eigenvalue weighted by atomic mass is 16.4. The molecule has 1 aliphatic heterocycles. The lowest BCUT2D eigenvalue weighted by atomic mass is 9.94. The van der Waals surface area contributed by atoms with Crippen molar-refractivity contribution in [3.63, 3.8) is 0 Å². The molecule has 0 saturated carbocycles. The van der Waals surface area contributed by atoms with Crippen LogP contribution >= 0.6 is 0 Å². The normalized spacial score (nSPS) is 18.1. The molecule has 16 heavy (non-hydrogen) atoms. The summed E-state index contributed by atoms with van der Waals surface area (Å²) >= 11 is 0. The first kappa shape index (κ1) is 13.0. The van der Waals surface area contributed by atoms with Crippen molar-refractivity contribution in [2.75, 3.05) is 13.1 Å². The van der Waals surface area contributed by atoms with E-state index in [-0.39, 0.29) is 18.2 Å². The van der Waals surface area contributed by atoms with Gasteiger partial charge in [0.05, 0.1) is 6.42 Å². The van der Waals surface area contributed by atoms with Gasteiger partial charge in [-0.2, -0.15) is 0 Å². The molecule has 0 spiro atoms. The molecule has 1 rings (SSSR count). The molecule has 5 nitrogen and oxygen atoms in total. The van der Waals surface area contributed by atoms with Crippen LogP contribution in [-0.4, -0.2) is 35.6 Å². The summed E-state index contributed by atoms with van der Waals surface area (Å²) < 4.78 is 0. The van der Waals surface area contributed by atoms with E-state index < -0.39 is 11.5 Å². The smallest absolute Gasteiger partial charge is 0.305 e. The maximum Gasteiger partial charge on any atom is 0.305 e. The van der Waals surface area contributed by atoms with Gasteiger partial charge in [-0.25, -0.2) is 0 Å². The predicted octanol–water partition coefficient (Wildman–Crippen LogP) is 0.356. The summed E-state index contributed by atoms with van der Waals surface area (Å²) in [6.07, 6.45) is 1.60. The number of carboxylic acid groups (broad SMARTS) is 1. The lowest BCUT2D eigenvalue weighted by Gasteiger charge is -2.29. The van der Waals surface area contributed by atoms with Gasteiger partial charge in [0.25, 0.3) is 0 Å². The number of hydrogen-bond donors (Lipinski definition) is 3. The first-order valence-electron chi connectivity index (χ1n) is 5.65. The summed E-state index contributed by atoms with van der Waals surface area (Å²) in [4.78, 5) is 22.5. The number of piperidine rings is 1. The number of carbonyl (C=O) groups excluding carboxylic acids is 1. The van der Waals surface area contributed by atoms with Crippen LogP contribution in [0.3, 0.4) is 0 Å². The van der Waals surface area contributed by atoms with Crippen molar-refractivity contribution in [3.8, 4) is 0 Å². The summed E-state index contributed by atoms with van der Waals surface area (Å²) in [5.41, 5.74) is -0.673. The number of hydrogen-bond acceptors (Lipinski definition) is 3. The summed E-state index contributed by atoms with van der Waals surface area (Å²) in [6, 6.07) is 0. The maximum atomic E-state index is 11.9. The fourth-order valence-electron chi connectivity index (χ4n) is 1.94. The van der Waals surface area contributed by atoms with Crippen LogP contribution in [0.15, 0.2) is 0 Å². The molecule has 1 heterocycles. The number of carbonyl (C=O) groups is 2. The average Bonchev–Trinajstić information content (AvgIpc) is 2.16. The maximum absolute atomic E-state index is 11.9. The molecule has 0 aromatic carbocycles. The highest BCUT2D eigenvalue weighted by Crippen LogP contribution is 2.15. The van der Waals surface area contributed by atoms with Gasteiger partial charge >= 0.3 is 5.97 Å². The van der Waals surface area contributed by atoms with Crippen LogP contribution in [0.4, 0.5) is 0 Å². The molecule has 1 fully saturated rings. The second-order valence-electron chi connectivity index (χ2n) is 4.97. The van der Waals surface area contributed by atoms with Crippen molar-refractivity contribution in [2.24, 2.45) is 5.92 Å². The molecule has 0 atom stereocenters. The Balaban J connectivity index is 2.45. The summed E-state index contributed by atoms with van der Waals surface area (Å²) in [7, 11) is 0. The fourth-order valence-corrected chi connectivity index (χ4v) is 1.94. The third-order valence-electron chi connectivity index (χ3n) is 2.76. The molecule has 0 bridgehead atoms. The molecule has 0 unspecified atom stereocenters. The number of rotatable bonds is 4. The van der Waals surface area contributed by atoms with Crippen molar-refractivity contribution >= 4 is 11.9 Å². The molecule has 0 aromatic rings. The van der Waals surface area contributed by atoms with Crippen molar-refractivity contribution in [1.29, 1.82) is 0 Å². The predicted molar refractivity (Wildman–Crippen MR) is 60.1 cm³/mol. The van der Waals surface area contributed by atoms with Crippen LogP contribution in [0.2, 0.25) is 0 Å². The van der Waals surface area contributed by atoms with Crippen LogP contribution in [0.1, 0.15) is 33.1 Å². The van der Waals surface area contributed by atoms with E-state index in [1.54, 1.807) is 13.8 Å². The van der Waals surface area contributed by atoms with Gasteiger partial charge in [0, 0.05) is 11.5 Å². The second-order valence-corrected chi connectivity index (χ2v) is 4.97. The van der Waals surface area contributed by atoms with Crippen molar-refractivity contribution in [3.05, 3.63) is 0 Å². The van der Waals surface area contributed by atoms with E-state index >= 15 is 0 Å². The summed E-state index contributed by atoms with van der Waals surface area (Å²) in [5, 5.41) is 14.7. The van der Waals surface area contributed by atoms with Crippen LogP contribution in [0.25, 0.3) is 0 Å². The van der Waals surface area contributed by atoms with E-state index in [1.165, 1.54) is 0 Å². The summed E-state index contributed by atoms with van der Waals surface area (Å²) in [6.45, 7) is 5.19. The third kappa shape index (κ3) is 4.18. The monoisotopic (exact) mass is 228 g/mol. The first-order valence-corrected chi connectivity index (χ1v) is 5.65. The second kappa shape index (κ2) is 5.30. The van der Waals surface area contributed by atoms with E-state index in [4.69, 9.17) is 5.11 Å². The van der Waals surface area contributed by atoms with Gasteiger partial charge < -0.3 is 15.7 Å². The molecular formula is C11H20N2O3. The van der Waals surface area contributed by atoms with Crippen molar-refractivity contribution in [2.45, 2.75) is 38.6 Å². The van der Waals surface area contributed by atoms with Crippen LogP contribution < -0.4 is 10.6 Å². The van der Waals surface area contributed by atoms with Crippen LogP contribution in [0, 0.1) is 5.92 Å². The Hall–Kier alpha value is -1.10. The molecule has 5 heteroatoms. The van der Waals surface area contributed by atoms with E-state index in [9.17, 15) is 9.59 Å². The van der Waals surface area contributed by atoms with Gasteiger partial charge in [-0.3, -0.25) is 9.59 Å². The molecule has 0 aliphatic carbocycles. The number of nitrogens with one attached hydrogen (secondary N) is 2. The van der Waals surface area contributed by atoms with Gasteiger partial charge in [-0.05, 0) is 39.8 Å². The largest absolute Gasteiger partial charge is 0.481 e. The number of carboxylic acids is 1. The zero-order valence-electron chi connectivity index (χ0n) is 9.88.